The number of methoxy groups -OCH3 is 2. The van der Waals surface area contributed by atoms with Crippen LogP contribution in [0.25, 0.3) is 6.08 Å². The zero-order valence-corrected chi connectivity index (χ0v) is 14.6. The second-order valence-electron chi connectivity index (χ2n) is 5.93. The van der Waals surface area contributed by atoms with Gasteiger partial charge in [0.2, 0.25) is 5.91 Å². The molecule has 0 radical (unpaired) electrons. The van der Waals surface area contributed by atoms with Crippen molar-refractivity contribution >= 4 is 12.0 Å². The number of nitrogens with zero attached hydrogens (tertiary/aromatic N) is 2. The van der Waals surface area contributed by atoms with Gasteiger partial charge in [-0.3, -0.25) is 4.79 Å². The number of aryl methyl sites for hydroxylation is 2. The van der Waals surface area contributed by atoms with E-state index in [1.54, 1.807) is 20.3 Å². The number of hydrogen-bond donors (Lipinski definition) is 1. The van der Waals surface area contributed by atoms with E-state index in [1.807, 2.05) is 24.4 Å². The Hall–Kier alpha value is -2.76. The normalized spacial score (nSPS) is 13.5. The lowest BCUT2D eigenvalue weighted by molar-refractivity contribution is -0.116. The summed E-state index contributed by atoms with van der Waals surface area (Å²) in [5.74, 6) is 2.19. The van der Waals surface area contributed by atoms with Gasteiger partial charge in [0.15, 0.2) is 11.5 Å². The van der Waals surface area contributed by atoms with Crippen LogP contribution >= 0.6 is 0 Å². The molecule has 0 spiro atoms. The first-order chi connectivity index (χ1) is 12.2. The summed E-state index contributed by atoms with van der Waals surface area (Å²) in [4.78, 5) is 16.7. The average molecular weight is 341 g/mol. The summed E-state index contributed by atoms with van der Waals surface area (Å²) < 4.78 is 12.8. The largest absolute Gasteiger partial charge is 0.493 e. The topological polar surface area (TPSA) is 65.4 Å². The van der Waals surface area contributed by atoms with Crippen molar-refractivity contribution < 1.29 is 14.3 Å². The molecular formula is C19H23N3O3. The van der Waals surface area contributed by atoms with Crippen LogP contribution in [0.5, 0.6) is 11.5 Å². The minimum atomic E-state index is -0.171. The van der Waals surface area contributed by atoms with Gasteiger partial charge in [-0.1, -0.05) is 12.1 Å². The highest BCUT2D eigenvalue weighted by atomic mass is 16.5. The lowest BCUT2D eigenvalue weighted by Gasteiger charge is -2.11. The first-order valence-corrected chi connectivity index (χ1v) is 8.43. The third kappa shape index (κ3) is 4.02. The Labute approximate surface area is 147 Å². The molecule has 0 atom stereocenters. The molecular weight excluding hydrogens is 318 g/mol. The van der Waals surface area contributed by atoms with E-state index >= 15 is 0 Å². The van der Waals surface area contributed by atoms with Crippen molar-refractivity contribution in [1.29, 1.82) is 0 Å². The highest BCUT2D eigenvalue weighted by Gasteiger charge is 2.12. The highest BCUT2D eigenvalue weighted by Crippen LogP contribution is 2.31. The number of para-hydroxylation sites is 1. The second-order valence-corrected chi connectivity index (χ2v) is 5.93. The van der Waals surface area contributed by atoms with Crippen LogP contribution in [0.15, 0.2) is 30.5 Å². The maximum Gasteiger partial charge on any atom is 0.244 e. The van der Waals surface area contributed by atoms with Gasteiger partial charge in [0, 0.05) is 30.8 Å². The van der Waals surface area contributed by atoms with Gasteiger partial charge in [-0.2, -0.15) is 0 Å². The van der Waals surface area contributed by atoms with Crippen LogP contribution < -0.4 is 14.8 Å². The fourth-order valence-electron chi connectivity index (χ4n) is 3.00. The fraction of sp³-hybridized carbons (Fsp3) is 0.368. The lowest BCUT2D eigenvalue weighted by Crippen LogP contribution is -2.20. The predicted octanol–water partition coefficient (Wildman–Crippen LogP) is 2.57. The molecule has 2 heterocycles. The van der Waals surface area contributed by atoms with Crippen molar-refractivity contribution in [2.24, 2.45) is 0 Å². The predicted molar refractivity (Wildman–Crippen MR) is 95.6 cm³/mol. The van der Waals surface area contributed by atoms with Crippen molar-refractivity contribution in [2.45, 2.75) is 32.4 Å². The van der Waals surface area contributed by atoms with Crippen LogP contribution in [0.2, 0.25) is 0 Å². The van der Waals surface area contributed by atoms with Gasteiger partial charge in [0.1, 0.15) is 5.82 Å². The van der Waals surface area contributed by atoms with Crippen LogP contribution in [-0.4, -0.2) is 29.7 Å². The SMILES string of the molecule is COc1cccc(C=CC(=O)NCc2cn3c(n2)CCCC3)c1OC. The minimum Gasteiger partial charge on any atom is -0.493 e. The van der Waals surface area contributed by atoms with Gasteiger partial charge in [0.25, 0.3) is 0 Å². The number of benzene rings is 1. The standard InChI is InChI=1S/C19H23N3O3/c1-24-16-7-5-6-14(19(16)25-2)9-10-18(23)20-12-15-13-22-11-4-3-8-17(22)21-15/h5-7,9-10,13H,3-4,8,11-12H2,1-2H3,(H,20,23). The van der Waals surface area contributed by atoms with Crippen LogP contribution in [-0.2, 0) is 24.3 Å². The number of fused-ring (bicyclic) bond motifs is 1. The molecule has 3 rings (SSSR count). The first-order valence-electron chi connectivity index (χ1n) is 8.43. The second kappa shape index (κ2) is 7.88. The van der Waals surface area contributed by atoms with Crippen molar-refractivity contribution in [3.63, 3.8) is 0 Å². The molecule has 0 saturated carbocycles. The van der Waals surface area contributed by atoms with E-state index in [-0.39, 0.29) is 5.91 Å². The quantitative estimate of drug-likeness (QED) is 0.820. The maximum absolute atomic E-state index is 12.1. The fourth-order valence-corrected chi connectivity index (χ4v) is 3.00. The summed E-state index contributed by atoms with van der Waals surface area (Å²) in [6.07, 6.45) is 8.64. The third-order valence-corrected chi connectivity index (χ3v) is 4.25. The Balaban J connectivity index is 1.61. The van der Waals surface area contributed by atoms with Gasteiger partial charge in [-0.15, -0.1) is 0 Å². The number of ether oxygens (including phenoxy) is 2. The summed E-state index contributed by atoms with van der Waals surface area (Å²) in [6.45, 7) is 1.45. The molecule has 6 nitrogen and oxygen atoms in total. The van der Waals surface area contributed by atoms with Crippen molar-refractivity contribution in [3.05, 3.63) is 47.6 Å². The van der Waals surface area contributed by atoms with Gasteiger partial charge >= 0.3 is 0 Å². The summed E-state index contributed by atoms with van der Waals surface area (Å²) in [5.41, 5.74) is 1.69. The highest BCUT2D eigenvalue weighted by molar-refractivity contribution is 5.92. The number of rotatable bonds is 6. The number of carbonyl (C=O) groups is 1. The van der Waals surface area contributed by atoms with E-state index in [0.717, 1.165) is 30.0 Å². The number of imidazole rings is 1. The summed E-state index contributed by atoms with van der Waals surface area (Å²) in [6, 6.07) is 5.54. The zero-order valence-electron chi connectivity index (χ0n) is 14.6. The molecule has 132 valence electrons. The molecule has 1 amide bonds. The van der Waals surface area contributed by atoms with E-state index < -0.39 is 0 Å². The van der Waals surface area contributed by atoms with Crippen molar-refractivity contribution in [3.8, 4) is 11.5 Å². The molecule has 25 heavy (non-hydrogen) atoms. The van der Waals surface area contributed by atoms with E-state index in [9.17, 15) is 4.79 Å². The van der Waals surface area contributed by atoms with Gasteiger partial charge in [-0.25, -0.2) is 4.98 Å². The number of amides is 1. The number of aromatic nitrogens is 2. The van der Waals surface area contributed by atoms with E-state index in [0.29, 0.717) is 18.0 Å². The van der Waals surface area contributed by atoms with E-state index in [2.05, 4.69) is 14.9 Å². The molecule has 1 aromatic heterocycles. The molecule has 0 saturated heterocycles. The van der Waals surface area contributed by atoms with Crippen LogP contribution in [0.4, 0.5) is 0 Å². The minimum absolute atomic E-state index is 0.171. The number of carbonyl (C=O) groups excluding carboxylic acids is 1. The Morgan fingerprint density at radius 2 is 2.20 bits per heavy atom. The molecule has 1 N–H and O–H groups in total. The monoisotopic (exact) mass is 341 g/mol. The molecule has 0 unspecified atom stereocenters. The van der Waals surface area contributed by atoms with Crippen molar-refractivity contribution in [1.82, 2.24) is 14.9 Å². The zero-order chi connectivity index (χ0) is 17.6. The van der Waals surface area contributed by atoms with Crippen molar-refractivity contribution in [2.75, 3.05) is 14.2 Å². The Morgan fingerprint density at radius 1 is 1.32 bits per heavy atom. The molecule has 1 aliphatic rings. The molecule has 0 fully saturated rings. The molecule has 0 aliphatic carbocycles. The van der Waals surface area contributed by atoms with Crippen LogP contribution in [0.3, 0.4) is 0 Å². The van der Waals surface area contributed by atoms with E-state index in [1.165, 1.54) is 18.9 Å². The van der Waals surface area contributed by atoms with Crippen LogP contribution in [0, 0.1) is 0 Å². The lowest BCUT2D eigenvalue weighted by atomic mass is 10.1. The van der Waals surface area contributed by atoms with Gasteiger partial charge in [0.05, 0.1) is 26.5 Å². The van der Waals surface area contributed by atoms with Crippen LogP contribution in [0.1, 0.15) is 29.9 Å². The Morgan fingerprint density at radius 3 is 2.96 bits per heavy atom. The molecule has 2 aromatic rings. The van der Waals surface area contributed by atoms with Gasteiger partial charge in [-0.05, 0) is 25.0 Å². The molecule has 6 heteroatoms. The van der Waals surface area contributed by atoms with Gasteiger partial charge < -0.3 is 19.4 Å². The average Bonchev–Trinajstić information content (AvgIpc) is 3.07. The maximum atomic E-state index is 12.1. The molecule has 1 aromatic carbocycles. The van der Waals surface area contributed by atoms with E-state index in [4.69, 9.17) is 9.47 Å². The number of nitrogens with one attached hydrogen (secondary N) is 1. The summed E-state index contributed by atoms with van der Waals surface area (Å²) in [5, 5.41) is 2.87. The molecule has 1 aliphatic heterocycles. The first kappa shape index (κ1) is 17.1. The molecule has 0 bridgehead atoms. The summed E-state index contributed by atoms with van der Waals surface area (Å²) in [7, 11) is 3.16. The third-order valence-electron chi connectivity index (χ3n) is 4.25. The summed E-state index contributed by atoms with van der Waals surface area (Å²) >= 11 is 0. The Bertz CT molecular complexity index is 757. The smallest absolute Gasteiger partial charge is 0.244 e. The number of hydrogen-bond acceptors (Lipinski definition) is 4. The Kier molecular flexibility index (Phi) is 5.38.